The van der Waals surface area contributed by atoms with Crippen molar-refractivity contribution in [1.82, 2.24) is 0 Å². The molecule has 0 aliphatic rings. The Balaban J connectivity index is 4.42. The van der Waals surface area contributed by atoms with E-state index in [9.17, 15) is 4.79 Å². The Hall–Kier alpha value is -2.16. The molecule has 0 aliphatic carbocycles. The third-order valence-corrected chi connectivity index (χ3v) is 2.77. The van der Waals surface area contributed by atoms with Crippen molar-refractivity contribution in [2.45, 2.75) is 47.1 Å². The zero-order valence-corrected chi connectivity index (χ0v) is 14.2. The Morgan fingerprint density at radius 3 is 2.32 bits per heavy atom. The lowest BCUT2D eigenvalue weighted by Crippen LogP contribution is -2.12. The minimum atomic E-state index is -0.920. The van der Waals surface area contributed by atoms with Gasteiger partial charge in [0, 0.05) is 6.21 Å². The molecule has 0 rings (SSSR count). The molecule has 3 heteroatoms. The average Bonchev–Trinajstić information content (AvgIpc) is 2.43. The average molecular weight is 301 g/mol. The van der Waals surface area contributed by atoms with Crippen LogP contribution in [0.4, 0.5) is 0 Å². The van der Waals surface area contributed by atoms with Crippen LogP contribution in [0.2, 0.25) is 0 Å². The SMILES string of the molecule is CC(C)=CC/C=C/C(C)=C/C=C/C(C)=C/C=N[C@@H](C)C(=O)O. The Kier molecular flexibility index (Phi) is 10.4. The fourth-order valence-electron chi connectivity index (χ4n) is 1.37. The molecular formula is C19H27NO2. The van der Waals surface area contributed by atoms with E-state index in [0.717, 1.165) is 12.0 Å². The zero-order chi connectivity index (χ0) is 17.0. The van der Waals surface area contributed by atoms with Gasteiger partial charge in [-0.25, -0.2) is 4.79 Å². The van der Waals surface area contributed by atoms with E-state index in [1.807, 2.05) is 25.2 Å². The fourth-order valence-corrected chi connectivity index (χ4v) is 1.37. The first kappa shape index (κ1) is 19.8. The lowest BCUT2D eigenvalue weighted by atomic mass is 10.2. The highest BCUT2D eigenvalue weighted by Crippen LogP contribution is 2.01. The molecule has 22 heavy (non-hydrogen) atoms. The van der Waals surface area contributed by atoms with Crippen LogP contribution < -0.4 is 0 Å². The van der Waals surface area contributed by atoms with Gasteiger partial charge < -0.3 is 5.11 Å². The van der Waals surface area contributed by atoms with Gasteiger partial charge in [-0.1, -0.05) is 47.6 Å². The molecule has 0 amide bonds. The van der Waals surface area contributed by atoms with Crippen LogP contribution in [0.1, 0.15) is 41.0 Å². The van der Waals surface area contributed by atoms with Gasteiger partial charge in [0.2, 0.25) is 0 Å². The molecule has 0 aliphatic heterocycles. The minimum absolute atomic E-state index is 0.707. The molecule has 0 aromatic heterocycles. The van der Waals surface area contributed by atoms with Gasteiger partial charge in [0.15, 0.2) is 0 Å². The molecule has 0 radical (unpaired) electrons. The Morgan fingerprint density at radius 2 is 1.73 bits per heavy atom. The van der Waals surface area contributed by atoms with E-state index in [-0.39, 0.29) is 0 Å². The molecule has 0 fully saturated rings. The predicted molar refractivity (Wildman–Crippen MR) is 95.4 cm³/mol. The van der Waals surface area contributed by atoms with Gasteiger partial charge in [-0.05, 0) is 52.7 Å². The summed E-state index contributed by atoms with van der Waals surface area (Å²) in [5.41, 5.74) is 3.52. The van der Waals surface area contributed by atoms with Crippen LogP contribution in [0.3, 0.4) is 0 Å². The highest BCUT2D eigenvalue weighted by Gasteiger charge is 2.05. The Bertz CT molecular complexity index is 528. The zero-order valence-electron chi connectivity index (χ0n) is 14.2. The first-order chi connectivity index (χ1) is 10.3. The molecule has 0 unspecified atom stereocenters. The van der Waals surface area contributed by atoms with Gasteiger partial charge in [0.05, 0.1) is 0 Å². The monoisotopic (exact) mass is 301 g/mol. The number of hydrogen-bond donors (Lipinski definition) is 1. The molecule has 0 saturated heterocycles. The first-order valence-electron chi connectivity index (χ1n) is 7.40. The smallest absolute Gasteiger partial charge is 0.328 e. The number of aliphatic imine (C=N–C) groups is 1. The predicted octanol–water partition coefficient (Wildman–Crippen LogP) is 4.89. The fraction of sp³-hybridized carbons (Fsp3) is 0.368. The maximum atomic E-state index is 10.6. The number of rotatable bonds is 8. The first-order valence-corrected chi connectivity index (χ1v) is 7.40. The van der Waals surface area contributed by atoms with Gasteiger partial charge >= 0.3 is 5.97 Å². The second kappa shape index (κ2) is 11.5. The van der Waals surface area contributed by atoms with Crippen LogP contribution in [0.25, 0.3) is 0 Å². The van der Waals surface area contributed by atoms with E-state index in [2.05, 4.69) is 44.0 Å². The van der Waals surface area contributed by atoms with Gasteiger partial charge in [-0.15, -0.1) is 0 Å². The van der Waals surface area contributed by atoms with Crippen molar-refractivity contribution < 1.29 is 9.90 Å². The van der Waals surface area contributed by atoms with Crippen molar-refractivity contribution in [3.63, 3.8) is 0 Å². The normalized spacial score (nSPS) is 15.0. The van der Waals surface area contributed by atoms with Crippen LogP contribution in [-0.4, -0.2) is 23.3 Å². The van der Waals surface area contributed by atoms with E-state index in [4.69, 9.17) is 5.11 Å². The highest BCUT2D eigenvalue weighted by molar-refractivity contribution is 5.79. The molecule has 0 aromatic rings. The molecule has 0 saturated carbocycles. The van der Waals surface area contributed by atoms with Crippen molar-refractivity contribution in [1.29, 1.82) is 0 Å². The van der Waals surface area contributed by atoms with Crippen molar-refractivity contribution in [3.05, 3.63) is 59.3 Å². The summed E-state index contributed by atoms with van der Waals surface area (Å²) in [6, 6.07) is -0.707. The summed E-state index contributed by atoms with van der Waals surface area (Å²) in [5.74, 6) is -0.920. The molecule has 0 heterocycles. The van der Waals surface area contributed by atoms with Gasteiger partial charge in [-0.2, -0.15) is 0 Å². The van der Waals surface area contributed by atoms with Crippen molar-refractivity contribution in [2.24, 2.45) is 4.99 Å². The Labute approximate surface area is 134 Å². The minimum Gasteiger partial charge on any atom is -0.480 e. The van der Waals surface area contributed by atoms with E-state index in [1.54, 1.807) is 13.0 Å². The molecule has 3 nitrogen and oxygen atoms in total. The van der Waals surface area contributed by atoms with Crippen molar-refractivity contribution in [3.8, 4) is 0 Å². The number of carbonyl (C=O) groups is 1. The number of carboxylic acid groups (broad SMARTS) is 1. The molecule has 1 atom stereocenters. The molecule has 0 aromatic carbocycles. The highest BCUT2D eigenvalue weighted by atomic mass is 16.4. The van der Waals surface area contributed by atoms with Crippen molar-refractivity contribution >= 4 is 12.2 Å². The van der Waals surface area contributed by atoms with Crippen LogP contribution in [0, 0.1) is 0 Å². The standard InChI is InChI=1S/C19H27NO2/c1-15(2)9-6-7-10-16(3)11-8-12-17(4)13-14-20-18(5)19(21)22/h7-14,18H,6H2,1-5H3,(H,21,22)/b10-7+,12-8+,16-11+,17-13+,20-14?/t18-/m0/s1. The summed E-state index contributed by atoms with van der Waals surface area (Å²) in [5, 5.41) is 8.70. The lowest BCUT2D eigenvalue weighted by molar-refractivity contribution is -0.137. The number of hydrogen-bond acceptors (Lipinski definition) is 2. The van der Waals surface area contributed by atoms with Crippen molar-refractivity contribution in [2.75, 3.05) is 0 Å². The third kappa shape index (κ3) is 11.6. The number of allylic oxidation sites excluding steroid dienone is 10. The van der Waals surface area contributed by atoms with E-state index in [1.165, 1.54) is 17.4 Å². The second-order valence-corrected chi connectivity index (χ2v) is 5.41. The van der Waals surface area contributed by atoms with E-state index >= 15 is 0 Å². The van der Waals surface area contributed by atoms with Gasteiger partial charge in [-0.3, -0.25) is 4.99 Å². The molecular weight excluding hydrogens is 274 g/mol. The summed E-state index contributed by atoms with van der Waals surface area (Å²) >= 11 is 0. The van der Waals surface area contributed by atoms with E-state index in [0.29, 0.717) is 0 Å². The van der Waals surface area contributed by atoms with Crippen LogP contribution in [0.5, 0.6) is 0 Å². The van der Waals surface area contributed by atoms with Crippen LogP contribution >= 0.6 is 0 Å². The lowest BCUT2D eigenvalue weighted by Gasteiger charge is -1.95. The largest absolute Gasteiger partial charge is 0.480 e. The number of nitrogens with zero attached hydrogens (tertiary/aromatic N) is 1. The molecule has 0 spiro atoms. The maximum absolute atomic E-state index is 10.6. The van der Waals surface area contributed by atoms with Gasteiger partial charge in [0.1, 0.15) is 6.04 Å². The maximum Gasteiger partial charge on any atom is 0.328 e. The summed E-state index contributed by atoms with van der Waals surface area (Å²) in [7, 11) is 0. The van der Waals surface area contributed by atoms with Crippen LogP contribution in [-0.2, 0) is 4.79 Å². The van der Waals surface area contributed by atoms with Crippen LogP contribution in [0.15, 0.2) is 64.2 Å². The van der Waals surface area contributed by atoms with Gasteiger partial charge in [0.25, 0.3) is 0 Å². The molecule has 120 valence electrons. The summed E-state index contributed by atoms with van der Waals surface area (Å²) < 4.78 is 0. The number of aliphatic carboxylic acids is 1. The molecule has 1 N–H and O–H groups in total. The Morgan fingerprint density at radius 1 is 1.09 bits per heavy atom. The second-order valence-electron chi connectivity index (χ2n) is 5.41. The van der Waals surface area contributed by atoms with E-state index < -0.39 is 12.0 Å². The summed E-state index contributed by atoms with van der Waals surface area (Å²) in [6.45, 7) is 9.73. The third-order valence-electron chi connectivity index (χ3n) is 2.77. The topological polar surface area (TPSA) is 49.7 Å². The quantitative estimate of drug-likeness (QED) is 0.394. The molecule has 0 bridgehead atoms. The summed E-state index contributed by atoms with van der Waals surface area (Å²) in [6.07, 6.45) is 16.7. The number of carboxylic acids is 1. The summed E-state index contributed by atoms with van der Waals surface area (Å²) in [4.78, 5) is 14.5.